The monoisotopic (exact) mass is 579 g/mol. The lowest BCUT2D eigenvalue weighted by atomic mass is 9.87. The molecule has 2 rings (SSSR count). The van der Waals surface area contributed by atoms with Gasteiger partial charge in [0.1, 0.15) is 0 Å². The van der Waals surface area contributed by atoms with Crippen molar-refractivity contribution in [2.24, 2.45) is 0 Å². The van der Waals surface area contributed by atoms with E-state index in [2.05, 4.69) is 53.9 Å². The highest BCUT2D eigenvalue weighted by atomic mass is 15.0. The molecule has 0 amide bonds. The Balaban J connectivity index is 1.63. The van der Waals surface area contributed by atoms with E-state index in [4.69, 9.17) is 0 Å². The molecule has 240 valence electrons. The van der Waals surface area contributed by atoms with Crippen molar-refractivity contribution in [2.75, 3.05) is 0 Å². The maximum Gasteiger partial charge on any atom is 0.0991 e. The smallest absolute Gasteiger partial charge is 0.0991 e. The van der Waals surface area contributed by atoms with E-state index in [1.807, 2.05) is 12.5 Å². The van der Waals surface area contributed by atoms with Gasteiger partial charge in [0, 0.05) is 18.1 Å². The number of para-hydroxylation sites is 1. The van der Waals surface area contributed by atoms with Gasteiger partial charge >= 0.3 is 0 Å². The molecule has 0 aliphatic carbocycles. The molecule has 0 N–H and O–H groups in total. The van der Waals surface area contributed by atoms with Crippen LogP contribution in [-0.4, -0.2) is 9.55 Å². The van der Waals surface area contributed by atoms with E-state index in [-0.39, 0.29) is 0 Å². The van der Waals surface area contributed by atoms with E-state index in [0.717, 1.165) is 0 Å². The molecule has 2 aromatic rings. The third-order valence-corrected chi connectivity index (χ3v) is 9.47. The van der Waals surface area contributed by atoms with Crippen molar-refractivity contribution in [3.63, 3.8) is 0 Å². The van der Waals surface area contributed by atoms with E-state index in [0.29, 0.717) is 5.92 Å². The highest BCUT2D eigenvalue weighted by Gasteiger charge is 2.16. The van der Waals surface area contributed by atoms with E-state index in [1.54, 1.807) is 0 Å². The molecule has 0 aliphatic rings. The Hall–Kier alpha value is -1.57. The molecular formula is C40H70N2. The summed E-state index contributed by atoms with van der Waals surface area (Å²) in [6, 6.07) is 9.11. The number of imidazole rings is 1. The average molecular weight is 579 g/mol. The van der Waals surface area contributed by atoms with Crippen molar-refractivity contribution in [3.8, 4) is 5.69 Å². The van der Waals surface area contributed by atoms with Gasteiger partial charge in [-0.25, -0.2) is 4.98 Å². The van der Waals surface area contributed by atoms with Crippen molar-refractivity contribution < 1.29 is 0 Å². The number of benzene rings is 1. The molecule has 2 nitrogen and oxygen atoms in total. The summed E-state index contributed by atoms with van der Waals surface area (Å²) < 4.78 is 2.22. The number of unbranched alkanes of at least 4 members (excludes halogenated alkanes) is 24. The summed E-state index contributed by atoms with van der Waals surface area (Å²) in [5.41, 5.74) is 2.87. The van der Waals surface area contributed by atoms with Crippen LogP contribution in [0.25, 0.3) is 5.69 Å². The van der Waals surface area contributed by atoms with Crippen LogP contribution in [0, 0.1) is 0 Å². The van der Waals surface area contributed by atoms with Crippen LogP contribution >= 0.6 is 0 Å². The minimum atomic E-state index is 0.670. The Kier molecular flexibility index (Phi) is 23.6. The molecule has 0 radical (unpaired) electrons. The van der Waals surface area contributed by atoms with Gasteiger partial charge in [-0.05, 0) is 30.4 Å². The highest BCUT2D eigenvalue weighted by molar-refractivity contribution is 5.43. The predicted octanol–water partition coefficient (Wildman–Crippen LogP) is 13.9. The molecule has 0 saturated carbocycles. The van der Waals surface area contributed by atoms with Crippen molar-refractivity contribution in [2.45, 2.75) is 200 Å². The van der Waals surface area contributed by atoms with Gasteiger partial charge in [-0.3, -0.25) is 0 Å². The van der Waals surface area contributed by atoms with Gasteiger partial charge in [0.15, 0.2) is 0 Å². The van der Waals surface area contributed by atoms with Crippen molar-refractivity contribution in [1.29, 1.82) is 0 Å². The fourth-order valence-electron chi connectivity index (χ4n) is 6.74. The second-order valence-electron chi connectivity index (χ2n) is 13.3. The molecule has 1 aromatic heterocycles. The average Bonchev–Trinajstić information content (AvgIpc) is 3.56. The van der Waals surface area contributed by atoms with Gasteiger partial charge in [0.2, 0.25) is 0 Å². The van der Waals surface area contributed by atoms with Gasteiger partial charge in [-0.2, -0.15) is 0 Å². The molecule has 0 aliphatic heterocycles. The van der Waals surface area contributed by atoms with Crippen LogP contribution in [-0.2, 0) is 0 Å². The minimum Gasteiger partial charge on any atom is -0.306 e. The van der Waals surface area contributed by atoms with Crippen LogP contribution in [0.2, 0.25) is 0 Å². The van der Waals surface area contributed by atoms with Crippen molar-refractivity contribution in [3.05, 3.63) is 48.5 Å². The van der Waals surface area contributed by atoms with E-state index in [9.17, 15) is 0 Å². The number of hydrogen-bond acceptors (Lipinski definition) is 1. The summed E-state index contributed by atoms with van der Waals surface area (Å²) in [6.45, 7) is 4.61. The first kappa shape index (κ1) is 36.6. The SMILES string of the molecule is CCCCCCCCCCCCCCCCCC(CCCCCCCCCCCCC)c1ccccc1-n1ccnc1. The van der Waals surface area contributed by atoms with Crippen LogP contribution in [0.5, 0.6) is 0 Å². The van der Waals surface area contributed by atoms with Crippen LogP contribution in [0.4, 0.5) is 0 Å². The molecule has 42 heavy (non-hydrogen) atoms. The van der Waals surface area contributed by atoms with Gasteiger partial charge in [0.05, 0.1) is 6.33 Å². The summed E-state index contributed by atoms with van der Waals surface area (Å²) in [5, 5.41) is 0. The molecule has 1 heterocycles. The fourth-order valence-corrected chi connectivity index (χ4v) is 6.74. The number of nitrogens with zero attached hydrogens (tertiary/aromatic N) is 2. The van der Waals surface area contributed by atoms with E-state index >= 15 is 0 Å². The summed E-state index contributed by atoms with van der Waals surface area (Å²) in [7, 11) is 0. The van der Waals surface area contributed by atoms with Crippen molar-refractivity contribution >= 4 is 0 Å². The predicted molar refractivity (Wildman–Crippen MR) is 187 cm³/mol. The third-order valence-electron chi connectivity index (χ3n) is 9.47. The molecular weight excluding hydrogens is 508 g/mol. The molecule has 0 bridgehead atoms. The number of aromatic nitrogens is 2. The molecule has 1 aromatic carbocycles. The zero-order chi connectivity index (χ0) is 29.8. The Morgan fingerprint density at radius 2 is 0.881 bits per heavy atom. The second-order valence-corrected chi connectivity index (χ2v) is 13.3. The molecule has 1 atom stereocenters. The van der Waals surface area contributed by atoms with Crippen LogP contribution < -0.4 is 0 Å². The first-order valence-corrected chi connectivity index (χ1v) is 18.9. The molecule has 0 fully saturated rings. The van der Waals surface area contributed by atoms with Crippen LogP contribution in [0.15, 0.2) is 43.0 Å². The summed E-state index contributed by atoms with van der Waals surface area (Å²) in [6.07, 6.45) is 45.8. The fraction of sp³-hybridized carbons (Fsp3) is 0.775. The first-order valence-electron chi connectivity index (χ1n) is 18.9. The summed E-state index contributed by atoms with van der Waals surface area (Å²) in [4.78, 5) is 4.34. The standard InChI is InChI=1S/C40H70N2/c1-3-5-7-9-11-13-15-16-17-18-20-22-24-26-28-32-38(31-27-25-23-21-19-14-12-10-8-6-4-2)39-33-29-30-34-40(39)42-36-35-41-37-42/h29-30,33-38H,3-28,31-32H2,1-2H3. The van der Waals surface area contributed by atoms with Gasteiger partial charge in [0.25, 0.3) is 0 Å². The Morgan fingerprint density at radius 1 is 0.500 bits per heavy atom. The quantitative estimate of drug-likeness (QED) is 0.0843. The normalized spacial score (nSPS) is 12.2. The third kappa shape index (κ3) is 18.2. The Bertz CT molecular complexity index is 811. The zero-order valence-corrected chi connectivity index (χ0v) is 28.3. The van der Waals surface area contributed by atoms with E-state index < -0.39 is 0 Å². The number of rotatable bonds is 30. The summed E-state index contributed by atoms with van der Waals surface area (Å²) >= 11 is 0. The topological polar surface area (TPSA) is 17.8 Å². The maximum atomic E-state index is 4.34. The van der Waals surface area contributed by atoms with Gasteiger partial charge in [-0.1, -0.05) is 199 Å². The van der Waals surface area contributed by atoms with Crippen LogP contribution in [0.1, 0.15) is 205 Å². The lowest BCUT2D eigenvalue weighted by Gasteiger charge is -2.21. The first-order chi connectivity index (χ1) is 20.9. The second kappa shape index (κ2) is 27.0. The van der Waals surface area contributed by atoms with Crippen LogP contribution in [0.3, 0.4) is 0 Å². The number of hydrogen-bond donors (Lipinski definition) is 0. The Labute approximate surface area is 262 Å². The maximum absolute atomic E-state index is 4.34. The molecule has 2 heteroatoms. The lowest BCUT2D eigenvalue weighted by Crippen LogP contribution is -2.05. The molecule has 0 spiro atoms. The molecule has 0 saturated heterocycles. The summed E-state index contributed by atoms with van der Waals surface area (Å²) in [5.74, 6) is 0.670. The van der Waals surface area contributed by atoms with E-state index in [1.165, 1.54) is 191 Å². The van der Waals surface area contributed by atoms with Crippen molar-refractivity contribution in [1.82, 2.24) is 9.55 Å². The van der Waals surface area contributed by atoms with Gasteiger partial charge < -0.3 is 4.57 Å². The largest absolute Gasteiger partial charge is 0.306 e. The minimum absolute atomic E-state index is 0.670. The molecule has 1 unspecified atom stereocenters. The Morgan fingerprint density at radius 3 is 1.26 bits per heavy atom. The lowest BCUT2D eigenvalue weighted by molar-refractivity contribution is 0.479. The zero-order valence-electron chi connectivity index (χ0n) is 28.3. The van der Waals surface area contributed by atoms with Gasteiger partial charge in [-0.15, -0.1) is 0 Å². The highest BCUT2D eigenvalue weighted by Crippen LogP contribution is 2.33.